The smallest absolute Gasteiger partial charge is 0.221 e. The number of nitrogens with zero attached hydrogens (tertiary/aromatic N) is 1. The summed E-state index contributed by atoms with van der Waals surface area (Å²) in [5.41, 5.74) is 5.36. The first-order valence-electron chi connectivity index (χ1n) is 12.5. The third-order valence-electron chi connectivity index (χ3n) is 6.88. The Balaban J connectivity index is 1.40. The number of nitrogens with one attached hydrogen (secondary N) is 1. The quantitative estimate of drug-likeness (QED) is 0.414. The van der Waals surface area contributed by atoms with Gasteiger partial charge in [-0.05, 0) is 66.1 Å². The number of alkyl halides is 1. The molecule has 1 atom stereocenters. The minimum atomic E-state index is -0.391. The average Bonchev–Trinajstić information content (AvgIpc) is 2.86. The number of benzene rings is 3. The molecule has 0 saturated carbocycles. The molecule has 0 radical (unpaired) electrons. The molecule has 37 heavy (non-hydrogen) atoms. The number of anilines is 1. The van der Waals surface area contributed by atoms with Crippen molar-refractivity contribution < 1.29 is 23.8 Å². The summed E-state index contributed by atoms with van der Waals surface area (Å²) in [7, 11) is 0. The lowest BCUT2D eigenvalue weighted by molar-refractivity contribution is -0.114. The highest BCUT2D eigenvalue weighted by atomic mass is 19.1. The van der Waals surface area contributed by atoms with Crippen LogP contribution in [0.15, 0.2) is 66.7 Å². The van der Waals surface area contributed by atoms with Crippen LogP contribution in [-0.2, 0) is 4.79 Å². The van der Waals surface area contributed by atoms with Crippen molar-refractivity contribution in [1.29, 1.82) is 0 Å². The molecule has 1 unspecified atom stereocenters. The van der Waals surface area contributed by atoms with Crippen LogP contribution in [0.4, 0.5) is 10.1 Å². The Kier molecular flexibility index (Phi) is 7.15. The average molecular weight is 503 g/mol. The van der Waals surface area contributed by atoms with E-state index in [4.69, 9.17) is 9.47 Å². The van der Waals surface area contributed by atoms with Crippen molar-refractivity contribution in [1.82, 2.24) is 4.90 Å². The Hall–Kier alpha value is -3.84. The van der Waals surface area contributed by atoms with Crippen LogP contribution in [-0.4, -0.2) is 48.8 Å². The number of hydrogen-bond donors (Lipinski definition) is 2. The summed E-state index contributed by atoms with van der Waals surface area (Å²) < 4.78 is 25.0. The van der Waals surface area contributed by atoms with Crippen LogP contribution in [0.1, 0.15) is 36.6 Å². The molecule has 1 amide bonds. The second kappa shape index (κ2) is 10.6. The van der Waals surface area contributed by atoms with Gasteiger partial charge in [-0.15, -0.1) is 0 Å². The molecule has 2 aliphatic heterocycles. The second-order valence-electron chi connectivity index (χ2n) is 9.68. The summed E-state index contributed by atoms with van der Waals surface area (Å²) in [6.07, 6.45) is -0.391. The fourth-order valence-electron chi connectivity index (χ4n) is 5.00. The number of fused-ring (bicyclic) bond motifs is 1. The van der Waals surface area contributed by atoms with Crippen LogP contribution < -0.4 is 14.8 Å². The molecule has 2 heterocycles. The molecule has 0 bridgehead atoms. The maximum absolute atomic E-state index is 12.6. The molecule has 1 fully saturated rings. The Morgan fingerprint density at radius 1 is 1.14 bits per heavy atom. The summed E-state index contributed by atoms with van der Waals surface area (Å²) in [5, 5.41) is 13.0. The van der Waals surface area contributed by atoms with Crippen LogP contribution in [0.25, 0.3) is 11.1 Å². The van der Waals surface area contributed by atoms with Gasteiger partial charge in [0.2, 0.25) is 5.91 Å². The van der Waals surface area contributed by atoms with E-state index in [1.807, 2.05) is 55.5 Å². The van der Waals surface area contributed by atoms with Crippen LogP contribution in [0.5, 0.6) is 17.2 Å². The molecule has 192 valence electrons. The van der Waals surface area contributed by atoms with E-state index in [1.165, 1.54) is 6.92 Å². The molecular weight excluding hydrogens is 471 g/mol. The zero-order valence-electron chi connectivity index (χ0n) is 21.0. The van der Waals surface area contributed by atoms with Crippen LogP contribution in [0.2, 0.25) is 0 Å². The maximum atomic E-state index is 12.6. The standard InChI is InChI=1S/C30H31FN2O4/c1-19-27-15-25(35)8-11-28(27)37-30(29(19)23-4-3-5-24(14-23)32-20(2)34)22-6-9-26(10-7-22)36-13-12-33-17-21(16-31)18-33/h3-11,14-15,21,30,35H,12-13,16-18H2,1-2H3,(H,32,34). The molecule has 3 aromatic rings. The molecule has 7 heteroatoms. The molecule has 0 aliphatic carbocycles. The van der Waals surface area contributed by atoms with Gasteiger partial charge in [0, 0.05) is 49.3 Å². The Morgan fingerprint density at radius 3 is 2.65 bits per heavy atom. The zero-order valence-corrected chi connectivity index (χ0v) is 21.0. The van der Waals surface area contributed by atoms with Gasteiger partial charge in [-0.1, -0.05) is 24.3 Å². The van der Waals surface area contributed by atoms with Crippen LogP contribution >= 0.6 is 0 Å². The molecule has 5 rings (SSSR count). The molecule has 0 aromatic heterocycles. The number of allylic oxidation sites excluding steroid dienone is 1. The lowest BCUT2D eigenvalue weighted by Gasteiger charge is -2.37. The van der Waals surface area contributed by atoms with Crippen molar-refractivity contribution in [3.05, 3.63) is 83.4 Å². The highest BCUT2D eigenvalue weighted by molar-refractivity contribution is 5.97. The van der Waals surface area contributed by atoms with E-state index in [2.05, 4.69) is 10.2 Å². The lowest BCUT2D eigenvalue weighted by atomic mass is 9.86. The van der Waals surface area contributed by atoms with Crippen molar-refractivity contribution >= 4 is 22.7 Å². The number of carbonyl (C=O) groups is 1. The topological polar surface area (TPSA) is 71.0 Å². The normalized spacial score (nSPS) is 17.5. The molecule has 1 saturated heterocycles. The highest BCUT2D eigenvalue weighted by Crippen LogP contribution is 2.47. The number of amides is 1. The van der Waals surface area contributed by atoms with Gasteiger partial charge >= 0.3 is 0 Å². The van der Waals surface area contributed by atoms with Gasteiger partial charge in [-0.2, -0.15) is 0 Å². The first kappa shape index (κ1) is 24.8. The van der Waals surface area contributed by atoms with Gasteiger partial charge in [0.05, 0.1) is 6.67 Å². The monoisotopic (exact) mass is 502 g/mol. The van der Waals surface area contributed by atoms with Crippen molar-refractivity contribution in [2.24, 2.45) is 5.92 Å². The third kappa shape index (κ3) is 5.47. The SMILES string of the molecule is CC(=O)Nc1cccc(C2=C(C)c3cc(O)ccc3OC2c2ccc(OCCN3CC(CF)C3)cc2)c1. The molecule has 2 N–H and O–H groups in total. The summed E-state index contributed by atoms with van der Waals surface area (Å²) in [5.74, 6) is 1.67. The van der Waals surface area contributed by atoms with E-state index in [0.717, 1.165) is 53.2 Å². The van der Waals surface area contributed by atoms with Gasteiger partial charge in [-0.25, -0.2) is 0 Å². The van der Waals surface area contributed by atoms with E-state index in [0.29, 0.717) is 18.0 Å². The summed E-state index contributed by atoms with van der Waals surface area (Å²) in [6, 6.07) is 20.7. The largest absolute Gasteiger partial charge is 0.508 e. The fraction of sp³-hybridized carbons (Fsp3) is 0.300. The van der Waals surface area contributed by atoms with E-state index < -0.39 is 6.10 Å². The minimum absolute atomic E-state index is 0.138. The van der Waals surface area contributed by atoms with Crippen molar-refractivity contribution in [2.75, 3.05) is 38.2 Å². The minimum Gasteiger partial charge on any atom is -0.508 e. The summed E-state index contributed by atoms with van der Waals surface area (Å²) >= 11 is 0. The van der Waals surface area contributed by atoms with Gasteiger partial charge in [0.15, 0.2) is 0 Å². The number of phenolic OH excluding ortho intramolecular Hbond substituents is 1. The predicted molar refractivity (Wildman–Crippen MR) is 143 cm³/mol. The van der Waals surface area contributed by atoms with Crippen molar-refractivity contribution in [3.63, 3.8) is 0 Å². The molecular formula is C30H31FN2O4. The third-order valence-corrected chi connectivity index (χ3v) is 6.88. The van der Waals surface area contributed by atoms with E-state index in [-0.39, 0.29) is 24.2 Å². The molecule has 3 aromatic carbocycles. The van der Waals surface area contributed by atoms with Crippen molar-refractivity contribution in [2.45, 2.75) is 20.0 Å². The van der Waals surface area contributed by atoms with Gasteiger partial charge in [-0.3, -0.25) is 14.1 Å². The van der Waals surface area contributed by atoms with Crippen LogP contribution in [0, 0.1) is 5.92 Å². The number of phenols is 1. The first-order chi connectivity index (χ1) is 17.9. The maximum Gasteiger partial charge on any atom is 0.221 e. The number of rotatable bonds is 8. The van der Waals surface area contributed by atoms with Gasteiger partial charge < -0.3 is 19.9 Å². The number of hydrogen-bond acceptors (Lipinski definition) is 5. The van der Waals surface area contributed by atoms with Crippen LogP contribution in [0.3, 0.4) is 0 Å². The predicted octanol–water partition coefficient (Wildman–Crippen LogP) is 5.70. The van der Waals surface area contributed by atoms with Crippen molar-refractivity contribution in [3.8, 4) is 17.2 Å². The number of halogens is 1. The Morgan fingerprint density at radius 2 is 1.92 bits per heavy atom. The molecule has 2 aliphatic rings. The summed E-state index contributed by atoms with van der Waals surface area (Å²) in [4.78, 5) is 13.8. The second-order valence-corrected chi connectivity index (χ2v) is 9.68. The highest BCUT2D eigenvalue weighted by Gasteiger charge is 2.30. The Bertz CT molecular complexity index is 1320. The van der Waals surface area contributed by atoms with Gasteiger partial charge in [0.25, 0.3) is 0 Å². The van der Waals surface area contributed by atoms with E-state index in [9.17, 15) is 14.3 Å². The van der Waals surface area contributed by atoms with E-state index in [1.54, 1.807) is 18.2 Å². The zero-order chi connectivity index (χ0) is 25.9. The summed E-state index contributed by atoms with van der Waals surface area (Å²) in [6.45, 7) is 6.19. The lowest BCUT2D eigenvalue weighted by Crippen LogP contribution is -2.49. The molecule has 6 nitrogen and oxygen atoms in total. The fourth-order valence-corrected chi connectivity index (χ4v) is 5.00. The Labute approximate surface area is 216 Å². The number of carbonyl (C=O) groups excluding carboxylic acids is 1. The molecule has 0 spiro atoms. The number of likely N-dealkylation sites (tertiary alicyclic amines) is 1. The number of ether oxygens (including phenoxy) is 2. The number of aromatic hydroxyl groups is 1. The van der Waals surface area contributed by atoms with E-state index >= 15 is 0 Å². The van der Waals surface area contributed by atoms with Gasteiger partial charge in [0.1, 0.15) is 30.0 Å². The first-order valence-corrected chi connectivity index (χ1v) is 12.5.